The van der Waals surface area contributed by atoms with Crippen LogP contribution in [-0.4, -0.2) is 24.3 Å². The number of hydrogen-bond donors (Lipinski definition) is 3. The van der Waals surface area contributed by atoms with Crippen LogP contribution in [0.15, 0.2) is 48.5 Å². The molecule has 0 saturated carbocycles. The molecular weight excluding hydrogens is 354 g/mol. The Bertz CT molecular complexity index is 835. The van der Waals surface area contributed by atoms with E-state index in [1.807, 2.05) is 12.1 Å². The van der Waals surface area contributed by atoms with Crippen LogP contribution in [0.5, 0.6) is 0 Å². The lowest BCUT2D eigenvalue weighted by Crippen LogP contribution is -2.27. The first-order valence-electron chi connectivity index (χ1n) is 9.21. The highest BCUT2D eigenvalue weighted by atomic mass is 16.2. The summed E-state index contributed by atoms with van der Waals surface area (Å²) < 4.78 is 0. The topological polar surface area (TPSA) is 87.3 Å². The van der Waals surface area contributed by atoms with Crippen LogP contribution in [0.4, 0.5) is 11.4 Å². The van der Waals surface area contributed by atoms with E-state index in [0.717, 1.165) is 5.56 Å². The molecule has 0 bridgehead atoms. The van der Waals surface area contributed by atoms with Crippen molar-refractivity contribution in [2.45, 2.75) is 39.5 Å². The van der Waals surface area contributed by atoms with Gasteiger partial charge in [-0.1, -0.05) is 32.9 Å². The predicted molar refractivity (Wildman–Crippen MR) is 111 cm³/mol. The zero-order valence-electron chi connectivity index (χ0n) is 16.8. The Morgan fingerprint density at radius 2 is 1.36 bits per heavy atom. The zero-order chi connectivity index (χ0) is 20.7. The van der Waals surface area contributed by atoms with Gasteiger partial charge < -0.3 is 16.0 Å². The molecule has 0 spiro atoms. The maximum absolute atomic E-state index is 12.2. The quantitative estimate of drug-likeness (QED) is 0.713. The van der Waals surface area contributed by atoms with Crippen molar-refractivity contribution in [2.75, 3.05) is 17.2 Å². The number of carbonyl (C=O) groups is 3. The Balaban J connectivity index is 1.78. The van der Waals surface area contributed by atoms with Crippen molar-refractivity contribution >= 4 is 29.1 Å². The fraction of sp³-hybridized carbons (Fsp3) is 0.318. The van der Waals surface area contributed by atoms with Gasteiger partial charge in [0.2, 0.25) is 11.8 Å². The summed E-state index contributed by atoms with van der Waals surface area (Å²) in [5.74, 6) is -0.552. The van der Waals surface area contributed by atoms with Gasteiger partial charge in [0.1, 0.15) is 0 Å². The highest BCUT2D eigenvalue weighted by Crippen LogP contribution is 2.22. The van der Waals surface area contributed by atoms with Gasteiger partial charge in [-0.25, -0.2) is 0 Å². The van der Waals surface area contributed by atoms with Crippen LogP contribution in [0.3, 0.4) is 0 Å². The molecule has 0 atom stereocenters. The molecule has 2 aromatic carbocycles. The molecule has 2 aromatic rings. The number of nitrogens with one attached hydrogen (secondary N) is 3. The molecular formula is C22H27N3O3. The van der Waals surface area contributed by atoms with Crippen molar-refractivity contribution in [1.29, 1.82) is 0 Å². The van der Waals surface area contributed by atoms with Crippen molar-refractivity contribution in [1.82, 2.24) is 5.32 Å². The highest BCUT2D eigenvalue weighted by Gasteiger charge is 2.14. The van der Waals surface area contributed by atoms with Crippen LogP contribution in [0, 0.1) is 0 Å². The van der Waals surface area contributed by atoms with E-state index in [2.05, 4.69) is 36.7 Å². The number of rotatable bonds is 6. The SMILES string of the molecule is CC(=O)Nc1ccc(NC(=O)CCNC(=O)c2ccc(C(C)(C)C)cc2)cc1. The van der Waals surface area contributed by atoms with Crippen LogP contribution in [0.2, 0.25) is 0 Å². The second-order valence-electron chi connectivity index (χ2n) is 7.64. The molecule has 3 N–H and O–H groups in total. The normalized spacial score (nSPS) is 10.9. The number of hydrogen-bond acceptors (Lipinski definition) is 3. The molecule has 0 aliphatic heterocycles. The van der Waals surface area contributed by atoms with Crippen LogP contribution >= 0.6 is 0 Å². The zero-order valence-corrected chi connectivity index (χ0v) is 16.8. The number of carbonyl (C=O) groups excluding carboxylic acids is 3. The van der Waals surface area contributed by atoms with E-state index in [4.69, 9.17) is 0 Å². The minimum atomic E-state index is -0.201. The summed E-state index contributed by atoms with van der Waals surface area (Å²) in [5.41, 5.74) is 3.06. The van der Waals surface area contributed by atoms with E-state index < -0.39 is 0 Å². The molecule has 6 nitrogen and oxygen atoms in total. The van der Waals surface area contributed by atoms with Gasteiger partial charge in [-0.2, -0.15) is 0 Å². The Morgan fingerprint density at radius 3 is 1.86 bits per heavy atom. The number of amides is 3. The third-order valence-electron chi connectivity index (χ3n) is 4.14. The third kappa shape index (κ3) is 6.54. The Labute approximate surface area is 165 Å². The monoisotopic (exact) mass is 381 g/mol. The van der Waals surface area contributed by atoms with Gasteiger partial charge in [-0.05, 0) is 47.4 Å². The van der Waals surface area contributed by atoms with Crippen molar-refractivity contribution < 1.29 is 14.4 Å². The molecule has 0 fully saturated rings. The molecule has 0 aromatic heterocycles. The first-order chi connectivity index (χ1) is 13.1. The molecule has 0 saturated heterocycles. The second kappa shape index (κ2) is 9.17. The van der Waals surface area contributed by atoms with Gasteiger partial charge in [-0.3, -0.25) is 14.4 Å². The summed E-state index contributed by atoms with van der Waals surface area (Å²) in [5, 5.41) is 8.17. The molecule has 28 heavy (non-hydrogen) atoms. The van der Waals surface area contributed by atoms with Crippen LogP contribution in [-0.2, 0) is 15.0 Å². The van der Waals surface area contributed by atoms with E-state index in [0.29, 0.717) is 16.9 Å². The summed E-state index contributed by atoms with van der Waals surface area (Å²) in [6.07, 6.45) is 0.166. The summed E-state index contributed by atoms with van der Waals surface area (Å²) in [6, 6.07) is 14.3. The van der Waals surface area contributed by atoms with Gasteiger partial charge in [0.15, 0.2) is 0 Å². The summed E-state index contributed by atoms with van der Waals surface area (Å²) in [6.45, 7) is 8.04. The van der Waals surface area contributed by atoms with Gasteiger partial charge >= 0.3 is 0 Å². The Kier molecular flexibility index (Phi) is 6.93. The lowest BCUT2D eigenvalue weighted by atomic mass is 9.87. The van der Waals surface area contributed by atoms with Gasteiger partial charge in [0.05, 0.1) is 0 Å². The summed E-state index contributed by atoms with van der Waals surface area (Å²) in [4.78, 5) is 35.2. The van der Waals surface area contributed by atoms with Crippen molar-refractivity contribution in [3.63, 3.8) is 0 Å². The predicted octanol–water partition coefficient (Wildman–Crippen LogP) is 3.70. The molecule has 148 valence electrons. The van der Waals surface area contributed by atoms with Crippen LogP contribution in [0.25, 0.3) is 0 Å². The lowest BCUT2D eigenvalue weighted by Gasteiger charge is -2.19. The molecule has 0 aliphatic rings. The smallest absolute Gasteiger partial charge is 0.251 e. The molecule has 0 aliphatic carbocycles. The maximum Gasteiger partial charge on any atom is 0.251 e. The number of anilines is 2. The average Bonchev–Trinajstić information content (AvgIpc) is 2.62. The summed E-state index contributed by atoms with van der Waals surface area (Å²) in [7, 11) is 0. The van der Waals surface area contributed by atoms with Crippen molar-refractivity contribution in [3.8, 4) is 0 Å². The molecule has 0 heterocycles. The second-order valence-corrected chi connectivity index (χ2v) is 7.64. The van der Waals surface area contributed by atoms with Gasteiger partial charge in [0.25, 0.3) is 5.91 Å². The third-order valence-corrected chi connectivity index (χ3v) is 4.14. The van der Waals surface area contributed by atoms with Crippen LogP contribution in [0.1, 0.15) is 50.0 Å². The van der Waals surface area contributed by atoms with Crippen molar-refractivity contribution in [2.24, 2.45) is 0 Å². The van der Waals surface area contributed by atoms with Crippen LogP contribution < -0.4 is 16.0 Å². The van der Waals surface area contributed by atoms with Gasteiger partial charge in [-0.15, -0.1) is 0 Å². The number of benzene rings is 2. The van der Waals surface area contributed by atoms with E-state index in [1.54, 1.807) is 36.4 Å². The molecule has 0 unspecified atom stereocenters. The molecule has 0 radical (unpaired) electrons. The maximum atomic E-state index is 12.2. The first-order valence-corrected chi connectivity index (χ1v) is 9.21. The Morgan fingerprint density at radius 1 is 0.821 bits per heavy atom. The molecule has 6 heteroatoms. The van der Waals surface area contributed by atoms with Gasteiger partial charge in [0, 0.05) is 36.8 Å². The minimum absolute atomic E-state index is 0.0351. The fourth-order valence-electron chi connectivity index (χ4n) is 2.58. The van der Waals surface area contributed by atoms with E-state index in [9.17, 15) is 14.4 Å². The first kappa shape index (κ1) is 21.2. The van der Waals surface area contributed by atoms with E-state index >= 15 is 0 Å². The molecule has 3 amide bonds. The van der Waals surface area contributed by atoms with E-state index in [1.165, 1.54) is 6.92 Å². The Hall–Kier alpha value is -3.15. The molecule has 2 rings (SSSR count). The van der Waals surface area contributed by atoms with E-state index in [-0.39, 0.29) is 36.1 Å². The average molecular weight is 381 g/mol. The fourth-order valence-corrected chi connectivity index (χ4v) is 2.58. The lowest BCUT2D eigenvalue weighted by molar-refractivity contribution is -0.116. The highest BCUT2D eigenvalue weighted by molar-refractivity contribution is 5.95. The largest absolute Gasteiger partial charge is 0.352 e. The van der Waals surface area contributed by atoms with Crippen molar-refractivity contribution in [3.05, 3.63) is 59.7 Å². The standard InChI is InChI=1S/C22H27N3O3/c1-15(26)24-18-9-11-19(12-10-18)25-20(27)13-14-23-21(28)16-5-7-17(8-6-16)22(2,3)4/h5-12H,13-14H2,1-4H3,(H,23,28)(H,24,26)(H,25,27). The summed E-state index contributed by atoms with van der Waals surface area (Å²) >= 11 is 0. The minimum Gasteiger partial charge on any atom is -0.352 e.